The molecule has 0 aromatic heterocycles. The molecular formula is C10H11NO4. The average molecular weight is 209 g/mol. The van der Waals surface area contributed by atoms with Gasteiger partial charge < -0.3 is 15.2 Å². The molecule has 2 N–H and O–H groups in total. The number of benzene rings is 1. The molecule has 0 aliphatic rings. The molecule has 15 heavy (non-hydrogen) atoms. The van der Waals surface area contributed by atoms with Gasteiger partial charge in [-0.3, -0.25) is 4.79 Å². The fraction of sp³-hybridized carbons (Fsp3) is 0.200. The number of amides is 1. The average Bonchev–Trinajstić information content (AvgIpc) is 2.26. The normalized spacial score (nSPS) is 11.8. The van der Waals surface area contributed by atoms with Crippen molar-refractivity contribution < 1.29 is 19.1 Å². The summed E-state index contributed by atoms with van der Waals surface area (Å²) in [6.07, 6.45) is -1.35. The Morgan fingerprint density at radius 1 is 1.27 bits per heavy atom. The van der Waals surface area contributed by atoms with Gasteiger partial charge in [-0.05, 0) is 12.1 Å². The maximum absolute atomic E-state index is 11.4. The number of hydrogen-bond donors (Lipinski definition) is 1. The van der Waals surface area contributed by atoms with Gasteiger partial charge in [0.25, 0.3) is 12.2 Å². The van der Waals surface area contributed by atoms with E-state index in [0.717, 1.165) is 0 Å². The molecule has 0 aliphatic heterocycles. The van der Waals surface area contributed by atoms with Gasteiger partial charge in [0.15, 0.2) is 0 Å². The first-order valence-corrected chi connectivity index (χ1v) is 4.23. The second-order valence-corrected chi connectivity index (χ2v) is 2.74. The topological polar surface area (TPSA) is 78.6 Å². The van der Waals surface area contributed by atoms with Crippen LogP contribution >= 0.6 is 0 Å². The SMILES string of the molecule is COC(OC(=O)c1ccccc1)C(N)=O. The summed E-state index contributed by atoms with van der Waals surface area (Å²) in [6.45, 7) is 0. The Kier molecular flexibility index (Phi) is 3.82. The summed E-state index contributed by atoms with van der Waals surface area (Å²) < 4.78 is 9.30. The van der Waals surface area contributed by atoms with E-state index in [1.165, 1.54) is 7.11 Å². The molecule has 1 atom stereocenters. The zero-order valence-corrected chi connectivity index (χ0v) is 8.17. The van der Waals surface area contributed by atoms with Crippen molar-refractivity contribution in [2.75, 3.05) is 7.11 Å². The van der Waals surface area contributed by atoms with Crippen LogP contribution in [0.3, 0.4) is 0 Å². The van der Waals surface area contributed by atoms with E-state index < -0.39 is 18.2 Å². The summed E-state index contributed by atoms with van der Waals surface area (Å²) in [5.41, 5.74) is 5.27. The van der Waals surface area contributed by atoms with Crippen LogP contribution in [0.4, 0.5) is 0 Å². The number of rotatable bonds is 4. The second-order valence-electron chi connectivity index (χ2n) is 2.74. The molecule has 0 fully saturated rings. The van der Waals surface area contributed by atoms with Crippen LogP contribution in [0.1, 0.15) is 10.4 Å². The van der Waals surface area contributed by atoms with Gasteiger partial charge in [0.05, 0.1) is 5.56 Å². The van der Waals surface area contributed by atoms with E-state index in [-0.39, 0.29) is 0 Å². The molecule has 5 nitrogen and oxygen atoms in total. The summed E-state index contributed by atoms with van der Waals surface area (Å²) >= 11 is 0. The standard InChI is InChI=1S/C10H11NO4/c1-14-10(8(11)12)15-9(13)7-5-3-2-4-6-7/h2-6,10H,1H3,(H2,11,12). The number of nitrogens with two attached hydrogens (primary N) is 1. The molecule has 0 saturated heterocycles. The lowest BCUT2D eigenvalue weighted by molar-refractivity contribution is -0.150. The van der Waals surface area contributed by atoms with Crippen LogP contribution in [0.25, 0.3) is 0 Å². The highest BCUT2D eigenvalue weighted by Crippen LogP contribution is 2.03. The number of ether oxygens (including phenoxy) is 2. The second kappa shape index (κ2) is 5.11. The maximum atomic E-state index is 11.4. The van der Waals surface area contributed by atoms with Gasteiger partial charge >= 0.3 is 5.97 Å². The fourth-order valence-electron chi connectivity index (χ4n) is 0.962. The van der Waals surface area contributed by atoms with Crippen LogP contribution in [-0.4, -0.2) is 25.3 Å². The Balaban J connectivity index is 2.67. The number of hydrogen-bond acceptors (Lipinski definition) is 4. The van der Waals surface area contributed by atoms with Crippen molar-refractivity contribution in [3.63, 3.8) is 0 Å². The molecule has 1 aromatic carbocycles. The zero-order valence-electron chi connectivity index (χ0n) is 8.17. The molecule has 0 saturated carbocycles. The van der Waals surface area contributed by atoms with Crippen LogP contribution in [0.5, 0.6) is 0 Å². The first-order valence-electron chi connectivity index (χ1n) is 4.23. The summed E-state index contributed by atoms with van der Waals surface area (Å²) in [5, 5.41) is 0. The van der Waals surface area contributed by atoms with Crippen LogP contribution in [-0.2, 0) is 14.3 Å². The maximum Gasteiger partial charge on any atom is 0.340 e. The van der Waals surface area contributed by atoms with Gasteiger partial charge in [0.1, 0.15) is 0 Å². The Labute approximate surface area is 86.8 Å². The van der Waals surface area contributed by atoms with Crippen LogP contribution in [0.2, 0.25) is 0 Å². The highest BCUT2D eigenvalue weighted by Gasteiger charge is 2.19. The highest BCUT2D eigenvalue weighted by atomic mass is 16.7. The lowest BCUT2D eigenvalue weighted by Crippen LogP contribution is -2.34. The first kappa shape index (κ1) is 11.2. The van der Waals surface area contributed by atoms with Gasteiger partial charge in [0.2, 0.25) is 0 Å². The third-order valence-corrected chi connectivity index (χ3v) is 1.67. The van der Waals surface area contributed by atoms with E-state index in [9.17, 15) is 9.59 Å². The van der Waals surface area contributed by atoms with Crippen LogP contribution in [0, 0.1) is 0 Å². The Bertz CT molecular complexity index is 350. The van der Waals surface area contributed by atoms with Crippen molar-refractivity contribution >= 4 is 11.9 Å². The Morgan fingerprint density at radius 3 is 2.33 bits per heavy atom. The van der Waals surface area contributed by atoms with Gasteiger partial charge in [0, 0.05) is 7.11 Å². The van der Waals surface area contributed by atoms with Crippen molar-refractivity contribution in [2.24, 2.45) is 5.73 Å². The molecular weight excluding hydrogens is 198 g/mol. The predicted molar refractivity (Wildman–Crippen MR) is 51.8 cm³/mol. The minimum atomic E-state index is -1.35. The number of esters is 1. The van der Waals surface area contributed by atoms with E-state index in [4.69, 9.17) is 10.5 Å². The molecule has 0 radical (unpaired) electrons. The molecule has 0 spiro atoms. The van der Waals surface area contributed by atoms with Crippen LogP contribution < -0.4 is 5.73 Å². The number of primary amides is 1. The molecule has 1 rings (SSSR count). The molecule has 5 heteroatoms. The molecule has 0 aliphatic carbocycles. The Hall–Kier alpha value is -1.88. The molecule has 80 valence electrons. The van der Waals surface area contributed by atoms with E-state index in [1.54, 1.807) is 30.3 Å². The number of carbonyl (C=O) groups excluding carboxylic acids is 2. The summed E-state index contributed by atoms with van der Waals surface area (Å²) in [7, 11) is 1.23. The smallest absolute Gasteiger partial charge is 0.340 e. The van der Waals surface area contributed by atoms with E-state index in [0.29, 0.717) is 5.56 Å². The summed E-state index contributed by atoms with van der Waals surface area (Å²) in [6, 6.07) is 8.26. The molecule has 1 unspecified atom stereocenters. The highest BCUT2D eigenvalue weighted by molar-refractivity contribution is 5.91. The molecule has 0 heterocycles. The van der Waals surface area contributed by atoms with Gasteiger partial charge in [-0.2, -0.15) is 0 Å². The van der Waals surface area contributed by atoms with Crippen molar-refractivity contribution in [3.05, 3.63) is 35.9 Å². The van der Waals surface area contributed by atoms with Crippen molar-refractivity contribution in [1.29, 1.82) is 0 Å². The largest absolute Gasteiger partial charge is 0.422 e. The monoisotopic (exact) mass is 209 g/mol. The third kappa shape index (κ3) is 3.07. The summed E-state index contributed by atoms with van der Waals surface area (Å²) in [4.78, 5) is 22.1. The first-order chi connectivity index (χ1) is 7.15. The molecule has 1 amide bonds. The van der Waals surface area contributed by atoms with E-state index >= 15 is 0 Å². The molecule has 1 aromatic rings. The fourth-order valence-corrected chi connectivity index (χ4v) is 0.962. The quantitative estimate of drug-likeness (QED) is 0.571. The lowest BCUT2D eigenvalue weighted by atomic mass is 10.2. The van der Waals surface area contributed by atoms with E-state index in [1.807, 2.05) is 0 Å². The Morgan fingerprint density at radius 2 is 1.87 bits per heavy atom. The third-order valence-electron chi connectivity index (χ3n) is 1.67. The van der Waals surface area contributed by atoms with E-state index in [2.05, 4.69) is 4.74 Å². The van der Waals surface area contributed by atoms with Crippen molar-refractivity contribution in [1.82, 2.24) is 0 Å². The van der Waals surface area contributed by atoms with Crippen molar-refractivity contribution in [3.8, 4) is 0 Å². The van der Waals surface area contributed by atoms with Gasteiger partial charge in [-0.1, -0.05) is 18.2 Å². The number of carbonyl (C=O) groups is 2. The van der Waals surface area contributed by atoms with Crippen molar-refractivity contribution in [2.45, 2.75) is 6.29 Å². The lowest BCUT2D eigenvalue weighted by Gasteiger charge is -2.12. The number of methoxy groups -OCH3 is 1. The van der Waals surface area contributed by atoms with Crippen LogP contribution in [0.15, 0.2) is 30.3 Å². The van der Waals surface area contributed by atoms with Gasteiger partial charge in [-0.25, -0.2) is 4.79 Å². The predicted octanol–water partition coefficient (Wildman–Crippen LogP) is 0.301. The minimum absolute atomic E-state index is 0.334. The zero-order chi connectivity index (χ0) is 11.3. The minimum Gasteiger partial charge on any atom is -0.422 e. The molecule has 0 bridgehead atoms. The summed E-state index contributed by atoms with van der Waals surface area (Å²) in [5.74, 6) is -1.50. The van der Waals surface area contributed by atoms with Gasteiger partial charge in [-0.15, -0.1) is 0 Å².